The van der Waals surface area contributed by atoms with Gasteiger partial charge in [0, 0.05) is 18.2 Å². The van der Waals surface area contributed by atoms with Crippen molar-refractivity contribution in [2.24, 2.45) is 0 Å². The Morgan fingerprint density at radius 2 is 2.08 bits per heavy atom. The molecule has 0 radical (unpaired) electrons. The Morgan fingerprint density at radius 1 is 1.27 bits per heavy atom. The molecule has 3 aromatic rings. The van der Waals surface area contributed by atoms with Crippen molar-refractivity contribution >= 4 is 5.91 Å². The van der Waals surface area contributed by atoms with Crippen molar-refractivity contribution in [3.8, 4) is 11.6 Å². The van der Waals surface area contributed by atoms with E-state index in [4.69, 9.17) is 4.42 Å². The van der Waals surface area contributed by atoms with Crippen LogP contribution in [0.3, 0.4) is 0 Å². The number of carbonyl (C=O) groups is 1. The zero-order valence-electron chi connectivity index (χ0n) is 14.5. The predicted molar refractivity (Wildman–Crippen MR) is 96.0 cm³/mol. The van der Waals surface area contributed by atoms with Crippen molar-refractivity contribution in [3.63, 3.8) is 0 Å². The summed E-state index contributed by atoms with van der Waals surface area (Å²) < 4.78 is 8.51. The number of furan rings is 1. The van der Waals surface area contributed by atoms with Gasteiger partial charge in [-0.15, -0.1) is 5.10 Å². The van der Waals surface area contributed by atoms with Gasteiger partial charge >= 0.3 is 5.69 Å². The lowest BCUT2D eigenvalue weighted by Gasteiger charge is -2.07. The molecule has 0 aliphatic heterocycles. The molecular formula is C19H20N4O3. The van der Waals surface area contributed by atoms with E-state index in [0.717, 1.165) is 18.4 Å². The van der Waals surface area contributed by atoms with Gasteiger partial charge in [-0.1, -0.05) is 18.2 Å². The summed E-state index contributed by atoms with van der Waals surface area (Å²) >= 11 is 0. The number of nitrogens with zero attached hydrogens (tertiary/aromatic N) is 3. The first-order valence-electron chi connectivity index (χ1n) is 8.72. The van der Waals surface area contributed by atoms with Crippen molar-refractivity contribution in [2.75, 3.05) is 6.54 Å². The maximum atomic E-state index is 12.7. The minimum absolute atomic E-state index is 0.149. The van der Waals surface area contributed by atoms with E-state index in [0.29, 0.717) is 30.2 Å². The molecule has 0 unspecified atom stereocenters. The van der Waals surface area contributed by atoms with Crippen LogP contribution in [0.25, 0.3) is 11.6 Å². The van der Waals surface area contributed by atoms with Gasteiger partial charge in [0.25, 0.3) is 5.91 Å². The molecule has 2 aromatic heterocycles. The van der Waals surface area contributed by atoms with Gasteiger partial charge in [0.1, 0.15) is 0 Å². The third-order valence-corrected chi connectivity index (χ3v) is 4.52. The molecule has 0 atom stereocenters. The lowest BCUT2D eigenvalue weighted by Crippen LogP contribution is -2.32. The van der Waals surface area contributed by atoms with Gasteiger partial charge in [0.2, 0.25) is 5.82 Å². The molecule has 2 heterocycles. The fourth-order valence-corrected chi connectivity index (χ4v) is 3.00. The molecule has 1 aromatic carbocycles. The van der Waals surface area contributed by atoms with E-state index in [9.17, 15) is 9.59 Å². The first kappa shape index (κ1) is 16.4. The molecular weight excluding hydrogens is 332 g/mol. The lowest BCUT2D eigenvalue weighted by molar-refractivity contribution is 0.0951. The Kier molecular flexibility index (Phi) is 4.20. The van der Waals surface area contributed by atoms with E-state index in [1.54, 1.807) is 29.0 Å². The molecule has 7 nitrogen and oxygen atoms in total. The monoisotopic (exact) mass is 352 g/mol. The average molecular weight is 352 g/mol. The standard InChI is InChI=1S/C19H20N4O3/c1-13-5-2-3-6-15(13)18(24)20-10-11-22-19(25)23(14-8-9-14)17(21-22)16-7-4-12-26-16/h2-7,12,14H,8-11H2,1H3,(H,20,24). The third kappa shape index (κ3) is 3.08. The van der Waals surface area contributed by atoms with E-state index in [1.807, 2.05) is 25.1 Å². The highest BCUT2D eigenvalue weighted by atomic mass is 16.3. The number of nitrogens with one attached hydrogen (secondary N) is 1. The van der Waals surface area contributed by atoms with Gasteiger partial charge in [0.05, 0.1) is 12.8 Å². The second-order valence-corrected chi connectivity index (χ2v) is 6.48. The number of carbonyl (C=O) groups excluding carboxylic acids is 1. The van der Waals surface area contributed by atoms with E-state index >= 15 is 0 Å². The molecule has 1 fully saturated rings. The van der Waals surface area contributed by atoms with Crippen molar-refractivity contribution in [1.82, 2.24) is 19.7 Å². The molecule has 0 saturated heterocycles. The average Bonchev–Trinajstić information content (AvgIpc) is 3.21. The topological polar surface area (TPSA) is 82.1 Å². The Bertz CT molecular complexity index is 981. The van der Waals surface area contributed by atoms with Crippen LogP contribution in [-0.4, -0.2) is 26.8 Å². The van der Waals surface area contributed by atoms with Gasteiger partial charge < -0.3 is 9.73 Å². The quantitative estimate of drug-likeness (QED) is 0.738. The number of amides is 1. The number of hydrogen-bond donors (Lipinski definition) is 1. The van der Waals surface area contributed by atoms with E-state index < -0.39 is 0 Å². The summed E-state index contributed by atoms with van der Waals surface area (Å²) in [6.45, 7) is 2.53. The van der Waals surface area contributed by atoms with Gasteiger partial charge in [-0.25, -0.2) is 9.48 Å². The van der Waals surface area contributed by atoms with Crippen molar-refractivity contribution in [3.05, 3.63) is 64.3 Å². The molecule has 134 valence electrons. The third-order valence-electron chi connectivity index (χ3n) is 4.52. The SMILES string of the molecule is Cc1ccccc1C(=O)NCCn1nc(-c2ccco2)n(C2CC2)c1=O. The number of aryl methyl sites for hydroxylation is 1. The second-order valence-electron chi connectivity index (χ2n) is 6.48. The van der Waals surface area contributed by atoms with Crippen LogP contribution in [0.15, 0.2) is 51.9 Å². The van der Waals surface area contributed by atoms with Gasteiger partial charge in [0.15, 0.2) is 5.76 Å². The zero-order chi connectivity index (χ0) is 18.1. The molecule has 7 heteroatoms. The van der Waals surface area contributed by atoms with Crippen molar-refractivity contribution in [1.29, 1.82) is 0 Å². The second kappa shape index (κ2) is 6.67. The summed E-state index contributed by atoms with van der Waals surface area (Å²) in [4.78, 5) is 25.0. The summed E-state index contributed by atoms with van der Waals surface area (Å²) in [6, 6.07) is 11.2. The highest BCUT2D eigenvalue weighted by Gasteiger charge is 2.31. The van der Waals surface area contributed by atoms with Crippen LogP contribution >= 0.6 is 0 Å². The van der Waals surface area contributed by atoms with Gasteiger partial charge in [-0.2, -0.15) is 0 Å². The fraction of sp³-hybridized carbons (Fsp3) is 0.316. The fourth-order valence-electron chi connectivity index (χ4n) is 3.00. The maximum Gasteiger partial charge on any atom is 0.346 e. The molecule has 0 bridgehead atoms. The highest BCUT2D eigenvalue weighted by Crippen LogP contribution is 2.36. The molecule has 26 heavy (non-hydrogen) atoms. The summed E-state index contributed by atoms with van der Waals surface area (Å²) in [5.74, 6) is 0.980. The highest BCUT2D eigenvalue weighted by molar-refractivity contribution is 5.95. The number of benzene rings is 1. The van der Waals surface area contributed by atoms with E-state index in [-0.39, 0.29) is 17.6 Å². The Hall–Kier alpha value is -3.09. The number of hydrogen-bond acceptors (Lipinski definition) is 4. The van der Waals surface area contributed by atoms with Crippen LogP contribution in [0.5, 0.6) is 0 Å². The number of aromatic nitrogens is 3. The molecule has 1 N–H and O–H groups in total. The first-order valence-corrected chi connectivity index (χ1v) is 8.72. The molecule has 0 spiro atoms. The van der Waals surface area contributed by atoms with Crippen molar-refractivity contribution < 1.29 is 9.21 Å². The Balaban J connectivity index is 1.49. The summed E-state index contributed by atoms with van der Waals surface area (Å²) in [7, 11) is 0. The van der Waals surface area contributed by atoms with Crippen LogP contribution in [0.4, 0.5) is 0 Å². The predicted octanol–water partition coefficient (Wildman–Crippen LogP) is 2.38. The van der Waals surface area contributed by atoms with Crippen LogP contribution < -0.4 is 11.0 Å². The Labute approximate surface area is 150 Å². The summed E-state index contributed by atoms with van der Waals surface area (Å²) in [6.07, 6.45) is 3.52. The summed E-state index contributed by atoms with van der Waals surface area (Å²) in [5, 5.41) is 7.28. The molecule has 1 aliphatic rings. The summed E-state index contributed by atoms with van der Waals surface area (Å²) in [5.41, 5.74) is 1.39. The molecule has 4 rings (SSSR count). The smallest absolute Gasteiger partial charge is 0.346 e. The van der Waals surface area contributed by atoms with Crippen LogP contribution in [0, 0.1) is 6.92 Å². The van der Waals surface area contributed by atoms with Gasteiger partial charge in [-0.05, 0) is 43.5 Å². The maximum absolute atomic E-state index is 12.7. The minimum Gasteiger partial charge on any atom is -0.461 e. The number of rotatable bonds is 6. The zero-order valence-corrected chi connectivity index (χ0v) is 14.5. The lowest BCUT2D eigenvalue weighted by atomic mass is 10.1. The van der Waals surface area contributed by atoms with E-state index in [1.165, 1.54) is 4.68 Å². The van der Waals surface area contributed by atoms with Crippen LogP contribution in [0.1, 0.15) is 34.8 Å². The molecule has 1 saturated carbocycles. The van der Waals surface area contributed by atoms with Crippen LogP contribution in [-0.2, 0) is 6.54 Å². The minimum atomic E-state index is -0.163. The first-order chi connectivity index (χ1) is 12.6. The van der Waals surface area contributed by atoms with Crippen molar-refractivity contribution in [2.45, 2.75) is 32.4 Å². The molecule has 1 amide bonds. The normalized spacial score (nSPS) is 13.7. The largest absolute Gasteiger partial charge is 0.461 e. The van der Waals surface area contributed by atoms with Gasteiger partial charge in [-0.3, -0.25) is 9.36 Å². The molecule has 1 aliphatic carbocycles. The van der Waals surface area contributed by atoms with E-state index in [2.05, 4.69) is 10.4 Å². The Morgan fingerprint density at radius 3 is 2.77 bits per heavy atom. The van der Waals surface area contributed by atoms with Crippen LogP contribution in [0.2, 0.25) is 0 Å².